The quantitative estimate of drug-likeness (QED) is 0.278. The van der Waals surface area contributed by atoms with Gasteiger partial charge in [0.2, 0.25) is 0 Å². The molecule has 0 unspecified atom stereocenters. The van der Waals surface area contributed by atoms with E-state index in [0.717, 1.165) is 45.0 Å². The first kappa shape index (κ1) is 24.2. The number of halogens is 1. The number of para-hydroxylation sites is 1. The number of carbonyl (C=O) groups excluding carboxylic acids is 1. The first-order chi connectivity index (χ1) is 15.2. The SMILES string of the molecule is CCNC(=NCCc1c[nH]c2c(CC)cccc12)N1CCN(C(=O)c2ccco2)CC1.I. The van der Waals surface area contributed by atoms with E-state index in [1.54, 1.807) is 12.1 Å². The predicted molar refractivity (Wildman–Crippen MR) is 139 cm³/mol. The predicted octanol–water partition coefficient (Wildman–Crippen LogP) is 3.91. The molecule has 0 aliphatic carbocycles. The molecule has 172 valence electrons. The maximum absolute atomic E-state index is 12.5. The number of aromatic nitrogens is 1. The molecule has 32 heavy (non-hydrogen) atoms. The van der Waals surface area contributed by atoms with Crippen molar-refractivity contribution in [3.8, 4) is 0 Å². The Morgan fingerprint density at radius 3 is 2.56 bits per heavy atom. The van der Waals surface area contributed by atoms with Crippen molar-refractivity contribution in [1.29, 1.82) is 0 Å². The van der Waals surface area contributed by atoms with Crippen molar-refractivity contribution in [2.24, 2.45) is 4.99 Å². The fourth-order valence-corrected chi connectivity index (χ4v) is 4.16. The summed E-state index contributed by atoms with van der Waals surface area (Å²) in [7, 11) is 0. The fourth-order valence-electron chi connectivity index (χ4n) is 4.16. The smallest absolute Gasteiger partial charge is 0.289 e. The van der Waals surface area contributed by atoms with Gasteiger partial charge in [-0.25, -0.2) is 0 Å². The van der Waals surface area contributed by atoms with Crippen LogP contribution in [0.3, 0.4) is 0 Å². The number of rotatable bonds is 6. The first-order valence-corrected chi connectivity index (χ1v) is 11.1. The van der Waals surface area contributed by atoms with Crippen LogP contribution < -0.4 is 5.32 Å². The lowest BCUT2D eigenvalue weighted by Crippen LogP contribution is -2.53. The highest BCUT2D eigenvalue weighted by Gasteiger charge is 2.25. The second-order valence-electron chi connectivity index (χ2n) is 7.75. The maximum atomic E-state index is 12.5. The van der Waals surface area contributed by atoms with Crippen LogP contribution in [0, 0.1) is 0 Å². The Morgan fingerprint density at radius 2 is 1.88 bits per heavy atom. The van der Waals surface area contributed by atoms with E-state index in [9.17, 15) is 4.79 Å². The van der Waals surface area contributed by atoms with E-state index in [2.05, 4.69) is 53.4 Å². The lowest BCUT2D eigenvalue weighted by Gasteiger charge is -2.36. The van der Waals surface area contributed by atoms with Crippen LogP contribution in [0.2, 0.25) is 0 Å². The van der Waals surface area contributed by atoms with Crippen LogP contribution in [0.1, 0.15) is 35.5 Å². The summed E-state index contributed by atoms with van der Waals surface area (Å²) in [6.45, 7) is 8.63. The van der Waals surface area contributed by atoms with E-state index in [1.807, 2.05) is 4.90 Å². The van der Waals surface area contributed by atoms with Crippen LogP contribution in [0.15, 0.2) is 52.2 Å². The Hall–Kier alpha value is -2.49. The number of hydrogen-bond acceptors (Lipinski definition) is 3. The molecule has 1 saturated heterocycles. The average molecular weight is 549 g/mol. The number of H-pyrrole nitrogens is 1. The lowest BCUT2D eigenvalue weighted by atomic mass is 10.1. The van der Waals surface area contributed by atoms with Crippen LogP contribution in [0.25, 0.3) is 10.9 Å². The van der Waals surface area contributed by atoms with Gasteiger partial charge < -0.3 is 24.5 Å². The third-order valence-corrected chi connectivity index (χ3v) is 5.84. The van der Waals surface area contributed by atoms with Gasteiger partial charge >= 0.3 is 0 Å². The summed E-state index contributed by atoms with van der Waals surface area (Å²) >= 11 is 0. The molecule has 8 heteroatoms. The van der Waals surface area contributed by atoms with Gasteiger partial charge in [0, 0.05) is 56.4 Å². The fraction of sp³-hybridized carbons (Fsp3) is 0.417. The Morgan fingerprint density at radius 1 is 1.09 bits per heavy atom. The summed E-state index contributed by atoms with van der Waals surface area (Å²) in [5.41, 5.74) is 3.90. The molecule has 2 aromatic heterocycles. The molecule has 3 heterocycles. The molecule has 1 amide bonds. The molecule has 4 rings (SSSR count). The third-order valence-electron chi connectivity index (χ3n) is 5.84. The maximum Gasteiger partial charge on any atom is 0.289 e. The van der Waals surface area contributed by atoms with Gasteiger partial charge in [0.15, 0.2) is 11.7 Å². The number of nitrogens with one attached hydrogen (secondary N) is 2. The van der Waals surface area contributed by atoms with Gasteiger partial charge in [-0.15, -0.1) is 24.0 Å². The summed E-state index contributed by atoms with van der Waals surface area (Å²) in [5, 5.41) is 4.70. The van der Waals surface area contributed by atoms with Crippen LogP contribution in [-0.4, -0.2) is 65.9 Å². The van der Waals surface area contributed by atoms with Gasteiger partial charge in [0.25, 0.3) is 5.91 Å². The number of aliphatic imine (C=N–C) groups is 1. The third kappa shape index (κ3) is 5.28. The van der Waals surface area contributed by atoms with Gasteiger partial charge in [0.05, 0.1) is 6.26 Å². The van der Waals surface area contributed by atoms with Gasteiger partial charge in [-0.3, -0.25) is 9.79 Å². The van der Waals surface area contributed by atoms with Gasteiger partial charge in [0.1, 0.15) is 0 Å². The topological polar surface area (TPSA) is 76.9 Å². The number of amides is 1. The van der Waals surface area contributed by atoms with Crippen LogP contribution in [0.5, 0.6) is 0 Å². The summed E-state index contributed by atoms with van der Waals surface area (Å²) in [4.78, 5) is 24.9. The van der Waals surface area contributed by atoms with Crippen molar-refractivity contribution in [3.63, 3.8) is 0 Å². The van der Waals surface area contributed by atoms with Crippen LogP contribution >= 0.6 is 24.0 Å². The number of hydrogen-bond donors (Lipinski definition) is 2. The number of furan rings is 1. The molecule has 1 aromatic carbocycles. The zero-order valence-corrected chi connectivity index (χ0v) is 21.1. The molecule has 3 aromatic rings. The lowest BCUT2D eigenvalue weighted by molar-refractivity contribution is 0.0657. The number of piperazine rings is 1. The molecule has 1 fully saturated rings. The summed E-state index contributed by atoms with van der Waals surface area (Å²) in [6, 6.07) is 9.96. The van der Waals surface area contributed by atoms with Crippen molar-refractivity contribution < 1.29 is 9.21 Å². The first-order valence-electron chi connectivity index (χ1n) is 11.1. The van der Waals surface area contributed by atoms with Crippen LogP contribution in [0.4, 0.5) is 0 Å². The number of benzene rings is 1. The number of guanidine groups is 1. The molecule has 1 aliphatic rings. The molecule has 2 N–H and O–H groups in total. The highest BCUT2D eigenvalue weighted by molar-refractivity contribution is 14.0. The van der Waals surface area contributed by atoms with Crippen molar-refractivity contribution >= 4 is 46.7 Å². The van der Waals surface area contributed by atoms with E-state index in [1.165, 1.54) is 28.3 Å². The number of aryl methyl sites for hydroxylation is 1. The standard InChI is InChI=1S/C24H31N5O2.HI/c1-3-18-7-5-8-20-19(17-27-22(18)20)10-11-26-24(25-4-2)29-14-12-28(13-15-29)23(30)21-9-6-16-31-21;/h5-9,16-17,27H,3-4,10-15H2,1-2H3,(H,25,26);1H. The molecule has 0 atom stereocenters. The van der Waals surface area contributed by atoms with Crippen molar-refractivity contribution in [1.82, 2.24) is 20.1 Å². The largest absolute Gasteiger partial charge is 0.459 e. The van der Waals surface area contributed by atoms with E-state index in [4.69, 9.17) is 9.41 Å². The molecular formula is C24H32IN5O2. The number of aromatic amines is 1. The second kappa shape index (κ2) is 11.4. The number of carbonyl (C=O) groups is 1. The van der Waals surface area contributed by atoms with E-state index in [0.29, 0.717) is 18.8 Å². The van der Waals surface area contributed by atoms with Crippen molar-refractivity contribution in [2.45, 2.75) is 26.7 Å². The van der Waals surface area contributed by atoms with E-state index in [-0.39, 0.29) is 29.9 Å². The van der Waals surface area contributed by atoms with Crippen molar-refractivity contribution in [2.75, 3.05) is 39.3 Å². The van der Waals surface area contributed by atoms with Crippen molar-refractivity contribution in [3.05, 3.63) is 59.7 Å². The Kier molecular flexibility index (Phi) is 8.60. The molecule has 7 nitrogen and oxygen atoms in total. The average Bonchev–Trinajstić information content (AvgIpc) is 3.48. The molecule has 0 saturated carbocycles. The highest BCUT2D eigenvalue weighted by atomic mass is 127. The normalized spacial score (nSPS) is 14.5. The summed E-state index contributed by atoms with van der Waals surface area (Å²) in [6.07, 6.45) is 5.56. The Bertz CT molecular complexity index is 1040. The second-order valence-corrected chi connectivity index (χ2v) is 7.75. The Balaban J connectivity index is 0.00000289. The minimum Gasteiger partial charge on any atom is -0.459 e. The molecular weight excluding hydrogens is 517 g/mol. The zero-order chi connectivity index (χ0) is 21.6. The van der Waals surface area contributed by atoms with E-state index < -0.39 is 0 Å². The molecule has 0 radical (unpaired) electrons. The van der Waals surface area contributed by atoms with Gasteiger partial charge in [-0.1, -0.05) is 25.1 Å². The highest BCUT2D eigenvalue weighted by Crippen LogP contribution is 2.22. The Labute approximate surface area is 206 Å². The number of fused-ring (bicyclic) bond motifs is 1. The minimum absolute atomic E-state index is 0. The monoisotopic (exact) mass is 549 g/mol. The van der Waals surface area contributed by atoms with Gasteiger partial charge in [-0.05, 0) is 43.0 Å². The van der Waals surface area contributed by atoms with Gasteiger partial charge in [-0.2, -0.15) is 0 Å². The molecule has 0 spiro atoms. The minimum atomic E-state index is -0.0441. The molecule has 0 bridgehead atoms. The summed E-state index contributed by atoms with van der Waals surface area (Å²) in [5.74, 6) is 1.28. The van der Waals surface area contributed by atoms with E-state index >= 15 is 0 Å². The number of nitrogens with zero attached hydrogens (tertiary/aromatic N) is 3. The summed E-state index contributed by atoms with van der Waals surface area (Å²) < 4.78 is 5.25. The molecule has 1 aliphatic heterocycles. The zero-order valence-electron chi connectivity index (χ0n) is 18.8. The van der Waals surface area contributed by atoms with Crippen LogP contribution in [-0.2, 0) is 12.8 Å².